The van der Waals surface area contributed by atoms with Crippen LogP contribution in [0.15, 0.2) is 77.4 Å². The summed E-state index contributed by atoms with van der Waals surface area (Å²) in [6.07, 6.45) is 2.33. The Morgan fingerprint density at radius 3 is 2.28 bits per heavy atom. The molecule has 36 heavy (non-hydrogen) atoms. The minimum atomic E-state index is -0.976. The van der Waals surface area contributed by atoms with E-state index >= 15 is 0 Å². The Morgan fingerprint density at radius 2 is 1.61 bits per heavy atom. The van der Waals surface area contributed by atoms with Gasteiger partial charge in [-0.1, -0.05) is 29.8 Å². The molecule has 1 atom stereocenters. The van der Waals surface area contributed by atoms with E-state index in [4.69, 9.17) is 20.8 Å². The van der Waals surface area contributed by atoms with E-state index in [9.17, 15) is 14.4 Å². The maximum Gasteiger partial charge on any atom is 0.256 e. The van der Waals surface area contributed by atoms with Crippen LogP contribution >= 0.6 is 11.6 Å². The molecule has 2 aromatic carbocycles. The van der Waals surface area contributed by atoms with E-state index in [1.54, 1.807) is 76.7 Å². The number of benzene rings is 2. The second kappa shape index (κ2) is 10.2. The van der Waals surface area contributed by atoms with E-state index in [-0.39, 0.29) is 30.9 Å². The first-order valence-electron chi connectivity index (χ1n) is 11.8. The minimum absolute atomic E-state index is 0.0771. The van der Waals surface area contributed by atoms with Gasteiger partial charge >= 0.3 is 0 Å². The topological polar surface area (TPSA) is 92.1 Å². The predicted octanol–water partition coefficient (Wildman–Crippen LogP) is 3.72. The highest BCUT2D eigenvalue weighted by molar-refractivity contribution is 6.30. The molecule has 0 saturated carbocycles. The Kier molecular flexibility index (Phi) is 6.80. The van der Waals surface area contributed by atoms with Gasteiger partial charge in [-0.05, 0) is 48.5 Å². The molecule has 3 aromatic rings. The van der Waals surface area contributed by atoms with E-state index in [1.165, 1.54) is 0 Å². The fraction of sp³-hybridized carbons (Fsp3) is 0.296. The van der Waals surface area contributed by atoms with Crippen LogP contribution in [0.3, 0.4) is 0 Å². The summed E-state index contributed by atoms with van der Waals surface area (Å²) in [7, 11) is 0. The van der Waals surface area contributed by atoms with Crippen molar-refractivity contribution in [3.8, 4) is 0 Å². The molecule has 3 amide bonds. The van der Waals surface area contributed by atoms with E-state index in [1.807, 2.05) is 6.07 Å². The first-order valence-corrected chi connectivity index (χ1v) is 12.2. The molecular weight excluding hydrogens is 482 g/mol. The highest BCUT2D eigenvalue weighted by atomic mass is 35.5. The normalized spacial score (nSPS) is 18.9. The van der Waals surface area contributed by atoms with Crippen LogP contribution in [0.2, 0.25) is 5.02 Å². The van der Waals surface area contributed by atoms with Gasteiger partial charge < -0.3 is 19.4 Å². The molecule has 9 heteroatoms. The Morgan fingerprint density at radius 1 is 0.917 bits per heavy atom. The Bertz CT molecular complexity index is 1220. The molecule has 0 unspecified atom stereocenters. The van der Waals surface area contributed by atoms with Crippen molar-refractivity contribution in [1.29, 1.82) is 0 Å². The summed E-state index contributed by atoms with van der Waals surface area (Å²) in [4.78, 5) is 43.2. The van der Waals surface area contributed by atoms with Crippen LogP contribution in [0.4, 0.5) is 0 Å². The zero-order chi connectivity index (χ0) is 25.1. The first kappa shape index (κ1) is 24.1. The summed E-state index contributed by atoms with van der Waals surface area (Å²) in [6.45, 7) is 1.07. The van der Waals surface area contributed by atoms with Crippen molar-refractivity contribution in [2.45, 2.75) is 31.2 Å². The Labute approximate surface area is 213 Å². The maximum atomic E-state index is 13.7. The molecule has 1 aromatic heterocycles. The van der Waals surface area contributed by atoms with Gasteiger partial charge in [0.2, 0.25) is 5.91 Å². The maximum absolute atomic E-state index is 13.7. The number of carbonyl (C=O) groups excluding carboxylic acids is 3. The van der Waals surface area contributed by atoms with Crippen molar-refractivity contribution in [3.63, 3.8) is 0 Å². The third-order valence-electron chi connectivity index (χ3n) is 6.74. The lowest BCUT2D eigenvalue weighted by atomic mass is 9.96. The van der Waals surface area contributed by atoms with Gasteiger partial charge in [-0.15, -0.1) is 0 Å². The molecular formula is C27H26ClN3O5. The molecule has 5 rings (SSSR count). The lowest BCUT2D eigenvalue weighted by molar-refractivity contribution is -0.128. The van der Waals surface area contributed by atoms with Gasteiger partial charge in [0, 0.05) is 42.1 Å². The second-order valence-electron chi connectivity index (χ2n) is 8.91. The SMILES string of the molecule is O=C(NCc1ccco1)[C@@H]1COC2(CCN(C(=O)c3ccc(Cl)cc3)CC2)N1C(=O)c1ccccc1. The number of ether oxygens (including phenoxy) is 1. The molecule has 0 radical (unpaired) electrons. The third-order valence-corrected chi connectivity index (χ3v) is 6.99. The highest BCUT2D eigenvalue weighted by Gasteiger charge is 2.54. The van der Waals surface area contributed by atoms with Crippen LogP contribution in [0.25, 0.3) is 0 Å². The molecule has 1 spiro atoms. The molecule has 0 aliphatic carbocycles. The average Bonchev–Trinajstić information content (AvgIpc) is 3.56. The number of nitrogens with zero attached hydrogens (tertiary/aromatic N) is 2. The lowest BCUT2D eigenvalue weighted by Crippen LogP contribution is -2.59. The number of nitrogens with one attached hydrogen (secondary N) is 1. The summed E-state index contributed by atoms with van der Waals surface area (Å²) < 4.78 is 11.5. The number of halogens is 1. The monoisotopic (exact) mass is 507 g/mol. The van der Waals surface area contributed by atoms with Gasteiger partial charge in [-0.2, -0.15) is 0 Å². The largest absolute Gasteiger partial charge is 0.467 e. The molecule has 8 nitrogen and oxygen atoms in total. The number of rotatable bonds is 5. The molecule has 186 valence electrons. The number of carbonyl (C=O) groups is 3. The fourth-order valence-corrected chi connectivity index (χ4v) is 4.95. The molecule has 3 heterocycles. The van der Waals surface area contributed by atoms with Crippen LogP contribution in [0.5, 0.6) is 0 Å². The van der Waals surface area contributed by atoms with Crippen molar-refractivity contribution in [2.75, 3.05) is 19.7 Å². The zero-order valence-electron chi connectivity index (χ0n) is 19.6. The summed E-state index contributed by atoms with van der Waals surface area (Å²) in [5.41, 5.74) is 0.0529. The molecule has 2 aliphatic heterocycles. The number of hydrogen-bond acceptors (Lipinski definition) is 5. The molecule has 2 aliphatic rings. The van der Waals surface area contributed by atoms with Gasteiger partial charge in [0.15, 0.2) is 0 Å². The molecule has 2 saturated heterocycles. The summed E-state index contributed by atoms with van der Waals surface area (Å²) >= 11 is 5.95. The van der Waals surface area contributed by atoms with Crippen molar-refractivity contribution >= 4 is 29.3 Å². The number of hydrogen-bond donors (Lipinski definition) is 1. The van der Waals surface area contributed by atoms with E-state index in [0.717, 1.165) is 0 Å². The van der Waals surface area contributed by atoms with E-state index < -0.39 is 11.8 Å². The number of likely N-dealkylation sites (tertiary alicyclic amines) is 1. The second-order valence-corrected chi connectivity index (χ2v) is 9.35. The summed E-state index contributed by atoms with van der Waals surface area (Å²) in [6, 6.07) is 18.4. The highest BCUT2D eigenvalue weighted by Crippen LogP contribution is 2.39. The van der Waals surface area contributed by atoms with E-state index in [0.29, 0.717) is 47.8 Å². The summed E-state index contributed by atoms with van der Waals surface area (Å²) in [5, 5.41) is 3.42. The van der Waals surface area contributed by atoms with Crippen LogP contribution in [0, 0.1) is 0 Å². The molecule has 1 N–H and O–H groups in total. The number of piperidine rings is 1. The van der Waals surface area contributed by atoms with Gasteiger partial charge in [0.05, 0.1) is 19.4 Å². The zero-order valence-corrected chi connectivity index (χ0v) is 20.3. The van der Waals surface area contributed by atoms with Crippen molar-refractivity contribution in [1.82, 2.24) is 15.1 Å². The van der Waals surface area contributed by atoms with Crippen molar-refractivity contribution in [2.24, 2.45) is 0 Å². The Balaban J connectivity index is 1.35. The third kappa shape index (κ3) is 4.74. The van der Waals surface area contributed by atoms with E-state index in [2.05, 4.69) is 5.32 Å². The van der Waals surface area contributed by atoms with Crippen LogP contribution in [-0.2, 0) is 16.1 Å². The lowest BCUT2D eigenvalue weighted by Gasteiger charge is -2.44. The minimum Gasteiger partial charge on any atom is -0.467 e. The Hall–Kier alpha value is -3.62. The fourth-order valence-electron chi connectivity index (χ4n) is 4.83. The van der Waals surface area contributed by atoms with Crippen molar-refractivity contribution < 1.29 is 23.5 Å². The smallest absolute Gasteiger partial charge is 0.256 e. The quantitative estimate of drug-likeness (QED) is 0.568. The van der Waals surface area contributed by atoms with Crippen LogP contribution in [0.1, 0.15) is 39.3 Å². The van der Waals surface area contributed by atoms with Gasteiger partial charge in [-0.3, -0.25) is 19.3 Å². The summed E-state index contributed by atoms with van der Waals surface area (Å²) in [5.74, 6) is -0.0731. The predicted molar refractivity (Wildman–Crippen MR) is 132 cm³/mol. The number of amides is 3. The van der Waals surface area contributed by atoms with Crippen molar-refractivity contribution in [3.05, 3.63) is 94.9 Å². The van der Waals surface area contributed by atoms with Gasteiger partial charge in [0.1, 0.15) is 17.5 Å². The molecule has 2 fully saturated rings. The van der Waals surface area contributed by atoms with Crippen LogP contribution < -0.4 is 5.32 Å². The van der Waals surface area contributed by atoms with Crippen LogP contribution in [-0.4, -0.2) is 59.0 Å². The standard InChI is InChI=1S/C27H26ClN3O5/c28-21-10-8-20(9-11-21)25(33)30-14-12-27(13-15-30)31(26(34)19-5-2-1-3-6-19)23(18-36-27)24(32)29-17-22-7-4-16-35-22/h1-11,16,23H,12-15,17-18H2,(H,29,32)/t23-/m0/s1. The number of furan rings is 1. The van der Waals surface area contributed by atoms with Gasteiger partial charge in [-0.25, -0.2) is 0 Å². The average molecular weight is 508 g/mol. The molecule has 0 bridgehead atoms. The van der Waals surface area contributed by atoms with Gasteiger partial charge in [0.25, 0.3) is 11.8 Å². The first-order chi connectivity index (χ1) is 17.5.